The minimum absolute atomic E-state index is 0.236. The second-order valence-corrected chi connectivity index (χ2v) is 7.38. The van der Waals surface area contributed by atoms with Gasteiger partial charge in [0.2, 0.25) is 0 Å². The van der Waals surface area contributed by atoms with Gasteiger partial charge in [-0.3, -0.25) is 4.90 Å². The Bertz CT molecular complexity index is 395. The van der Waals surface area contributed by atoms with Crippen LogP contribution in [0.5, 0.6) is 0 Å². The van der Waals surface area contributed by atoms with E-state index in [2.05, 4.69) is 57.1 Å². The van der Waals surface area contributed by atoms with Crippen molar-refractivity contribution in [2.45, 2.75) is 58.5 Å². The van der Waals surface area contributed by atoms with E-state index >= 15 is 0 Å². The largest absolute Gasteiger partial charge is 0.312 e. The Morgan fingerprint density at radius 2 is 1.71 bits per heavy atom. The molecule has 0 amide bonds. The number of benzene rings is 1. The first-order valence-corrected chi connectivity index (χ1v) is 8.38. The lowest BCUT2D eigenvalue weighted by Gasteiger charge is -2.25. The molecule has 1 N–H and O–H groups in total. The summed E-state index contributed by atoms with van der Waals surface area (Å²) in [5, 5.41) is 4.34. The van der Waals surface area contributed by atoms with Gasteiger partial charge in [-0.15, -0.1) is 0 Å². The molecule has 120 valence electrons. The molecule has 0 saturated carbocycles. The number of nitrogens with zero attached hydrogens (tertiary/aromatic N) is 1. The molecule has 1 aromatic carbocycles. The molecule has 3 heteroatoms. The highest BCUT2D eigenvalue weighted by Crippen LogP contribution is 2.21. The van der Waals surface area contributed by atoms with Crippen LogP contribution in [0, 0.1) is 0 Å². The molecule has 2 nitrogen and oxygen atoms in total. The Morgan fingerprint density at radius 1 is 1.10 bits per heavy atom. The van der Waals surface area contributed by atoms with Crippen molar-refractivity contribution in [3.8, 4) is 0 Å². The van der Waals surface area contributed by atoms with Gasteiger partial charge in [0.15, 0.2) is 0 Å². The number of halogens is 1. The maximum atomic E-state index is 5.94. The van der Waals surface area contributed by atoms with Crippen LogP contribution in [0.25, 0.3) is 0 Å². The first kappa shape index (κ1) is 18.5. The fraction of sp³-hybridized carbons (Fsp3) is 0.667. The summed E-state index contributed by atoms with van der Waals surface area (Å²) in [5.41, 5.74) is 1.57. The quantitative estimate of drug-likeness (QED) is 0.688. The standard InChI is InChI=1S/C18H31ClN2/c1-15(16-9-11-17(19)12-10-16)21(5)14-8-6-7-13-20-18(2,3)4/h9-12,15,20H,6-8,13-14H2,1-5H3. The van der Waals surface area contributed by atoms with Crippen molar-refractivity contribution in [3.05, 3.63) is 34.9 Å². The summed E-state index contributed by atoms with van der Waals surface area (Å²) in [7, 11) is 2.20. The fourth-order valence-electron chi connectivity index (χ4n) is 2.32. The van der Waals surface area contributed by atoms with Crippen LogP contribution in [-0.4, -0.2) is 30.6 Å². The maximum absolute atomic E-state index is 5.94. The lowest BCUT2D eigenvalue weighted by atomic mass is 10.1. The van der Waals surface area contributed by atoms with Crippen molar-refractivity contribution < 1.29 is 0 Å². The molecule has 21 heavy (non-hydrogen) atoms. The van der Waals surface area contributed by atoms with Crippen molar-refractivity contribution in [3.63, 3.8) is 0 Å². The van der Waals surface area contributed by atoms with Crippen LogP contribution in [-0.2, 0) is 0 Å². The third-order valence-electron chi connectivity index (χ3n) is 3.86. The molecule has 0 aliphatic heterocycles. The number of unbranched alkanes of at least 4 members (excludes halogenated alkanes) is 2. The Balaban J connectivity index is 2.21. The average molecular weight is 311 g/mol. The molecule has 0 fully saturated rings. The summed E-state index contributed by atoms with van der Waals surface area (Å²) in [5.74, 6) is 0. The molecule has 1 unspecified atom stereocenters. The Labute approximate surface area is 135 Å². The van der Waals surface area contributed by atoms with Gasteiger partial charge in [0.25, 0.3) is 0 Å². The number of hydrogen-bond acceptors (Lipinski definition) is 2. The number of nitrogens with one attached hydrogen (secondary N) is 1. The number of rotatable bonds is 8. The van der Waals surface area contributed by atoms with E-state index in [1.165, 1.54) is 24.8 Å². The van der Waals surface area contributed by atoms with E-state index in [9.17, 15) is 0 Å². The summed E-state index contributed by atoms with van der Waals surface area (Å²) in [6.07, 6.45) is 3.78. The second kappa shape index (κ2) is 8.77. The van der Waals surface area contributed by atoms with Gasteiger partial charge in [0, 0.05) is 16.6 Å². The molecule has 0 aromatic heterocycles. The first-order chi connectivity index (χ1) is 9.79. The molecule has 0 aliphatic rings. The monoisotopic (exact) mass is 310 g/mol. The van der Waals surface area contributed by atoms with Crippen LogP contribution in [0.1, 0.15) is 58.6 Å². The third kappa shape index (κ3) is 7.85. The summed E-state index contributed by atoms with van der Waals surface area (Å²) < 4.78 is 0. The normalized spacial score (nSPS) is 13.7. The van der Waals surface area contributed by atoms with Crippen LogP contribution >= 0.6 is 11.6 Å². The predicted octanol–water partition coefficient (Wildman–Crippen LogP) is 4.89. The van der Waals surface area contributed by atoms with Gasteiger partial charge in [-0.2, -0.15) is 0 Å². The van der Waals surface area contributed by atoms with Crippen LogP contribution in [0.3, 0.4) is 0 Å². The van der Waals surface area contributed by atoms with Gasteiger partial charge >= 0.3 is 0 Å². The SMILES string of the molecule is CC(c1ccc(Cl)cc1)N(C)CCCCCNC(C)(C)C. The molecule has 0 spiro atoms. The van der Waals surface area contributed by atoms with Gasteiger partial charge in [-0.05, 0) is 78.4 Å². The van der Waals surface area contributed by atoms with E-state index in [4.69, 9.17) is 11.6 Å². The molecular formula is C18H31ClN2. The molecule has 0 radical (unpaired) electrons. The van der Waals surface area contributed by atoms with Crippen molar-refractivity contribution in [2.75, 3.05) is 20.1 Å². The van der Waals surface area contributed by atoms with E-state index in [0.29, 0.717) is 6.04 Å². The van der Waals surface area contributed by atoms with E-state index in [-0.39, 0.29) is 5.54 Å². The summed E-state index contributed by atoms with van der Waals surface area (Å²) in [6, 6.07) is 8.63. The first-order valence-electron chi connectivity index (χ1n) is 8.00. The smallest absolute Gasteiger partial charge is 0.0406 e. The molecular weight excluding hydrogens is 280 g/mol. The molecule has 0 bridgehead atoms. The van der Waals surface area contributed by atoms with E-state index < -0.39 is 0 Å². The zero-order valence-corrected chi connectivity index (χ0v) is 15.0. The second-order valence-electron chi connectivity index (χ2n) is 6.95. The van der Waals surface area contributed by atoms with Crippen LogP contribution in [0.2, 0.25) is 5.02 Å². The van der Waals surface area contributed by atoms with E-state index in [0.717, 1.165) is 18.1 Å². The van der Waals surface area contributed by atoms with Gasteiger partial charge < -0.3 is 5.32 Å². The van der Waals surface area contributed by atoms with Crippen LogP contribution in [0.4, 0.5) is 0 Å². The molecule has 1 atom stereocenters. The van der Waals surface area contributed by atoms with Gasteiger partial charge in [0.05, 0.1) is 0 Å². The average Bonchev–Trinajstić information content (AvgIpc) is 2.41. The van der Waals surface area contributed by atoms with Crippen LogP contribution < -0.4 is 5.32 Å². The minimum atomic E-state index is 0.236. The van der Waals surface area contributed by atoms with Crippen molar-refractivity contribution in [2.24, 2.45) is 0 Å². The topological polar surface area (TPSA) is 15.3 Å². The summed E-state index contributed by atoms with van der Waals surface area (Å²) in [4.78, 5) is 2.42. The minimum Gasteiger partial charge on any atom is -0.312 e. The lowest BCUT2D eigenvalue weighted by molar-refractivity contribution is 0.255. The zero-order valence-electron chi connectivity index (χ0n) is 14.2. The zero-order chi connectivity index (χ0) is 15.9. The molecule has 1 aromatic rings. The summed E-state index contributed by atoms with van der Waals surface area (Å²) >= 11 is 5.94. The highest BCUT2D eigenvalue weighted by Gasteiger charge is 2.11. The summed E-state index contributed by atoms with van der Waals surface area (Å²) in [6.45, 7) is 11.2. The predicted molar refractivity (Wildman–Crippen MR) is 94.1 cm³/mol. The fourth-order valence-corrected chi connectivity index (χ4v) is 2.44. The van der Waals surface area contributed by atoms with Gasteiger partial charge in [-0.1, -0.05) is 30.2 Å². The molecule has 0 heterocycles. The lowest BCUT2D eigenvalue weighted by Crippen LogP contribution is -2.36. The Hall–Kier alpha value is -0.570. The number of hydrogen-bond donors (Lipinski definition) is 1. The Kier molecular flexibility index (Phi) is 7.72. The van der Waals surface area contributed by atoms with Crippen LogP contribution in [0.15, 0.2) is 24.3 Å². The third-order valence-corrected chi connectivity index (χ3v) is 4.11. The Morgan fingerprint density at radius 3 is 2.29 bits per heavy atom. The highest BCUT2D eigenvalue weighted by atomic mass is 35.5. The van der Waals surface area contributed by atoms with Gasteiger partial charge in [-0.25, -0.2) is 0 Å². The van der Waals surface area contributed by atoms with Crippen molar-refractivity contribution in [1.29, 1.82) is 0 Å². The van der Waals surface area contributed by atoms with E-state index in [1.807, 2.05) is 12.1 Å². The van der Waals surface area contributed by atoms with Crippen molar-refractivity contribution in [1.82, 2.24) is 10.2 Å². The molecule has 0 aliphatic carbocycles. The van der Waals surface area contributed by atoms with Crippen molar-refractivity contribution >= 4 is 11.6 Å². The van der Waals surface area contributed by atoms with Gasteiger partial charge in [0.1, 0.15) is 0 Å². The highest BCUT2D eigenvalue weighted by molar-refractivity contribution is 6.30. The molecule has 1 rings (SSSR count). The maximum Gasteiger partial charge on any atom is 0.0406 e. The molecule has 0 saturated heterocycles. The van der Waals surface area contributed by atoms with E-state index in [1.54, 1.807) is 0 Å².